The standard InChI is InChI=1S/C14H17BrO3S/c1-17-9-3-2-4-10(7-9)18-14(16)12-8-11(19)5-6-13(12)15/h5-6,8-10,19H,2-4,7H2,1H3. The minimum Gasteiger partial charge on any atom is -0.459 e. The molecule has 104 valence electrons. The highest BCUT2D eigenvalue weighted by Gasteiger charge is 2.25. The highest BCUT2D eigenvalue weighted by atomic mass is 79.9. The molecule has 2 atom stereocenters. The smallest absolute Gasteiger partial charge is 0.339 e. The van der Waals surface area contributed by atoms with Crippen molar-refractivity contribution in [2.24, 2.45) is 0 Å². The first-order chi connectivity index (χ1) is 9.10. The minimum atomic E-state index is -0.301. The number of benzene rings is 1. The van der Waals surface area contributed by atoms with Crippen LogP contribution in [-0.2, 0) is 9.47 Å². The first-order valence-electron chi connectivity index (χ1n) is 6.32. The van der Waals surface area contributed by atoms with Crippen molar-refractivity contribution in [2.75, 3.05) is 7.11 Å². The summed E-state index contributed by atoms with van der Waals surface area (Å²) in [5.74, 6) is -0.301. The number of esters is 1. The van der Waals surface area contributed by atoms with Crippen molar-refractivity contribution in [3.8, 4) is 0 Å². The quantitative estimate of drug-likeness (QED) is 0.668. The third kappa shape index (κ3) is 3.97. The van der Waals surface area contributed by atoms with Gasteiger partial charge in [-0.1, -0.05) is 0 Å². The van der Waals surface area contributed by atoms with Crippen molar-refractivity contribution < 1.29 is 14.3 Å². The van der Waals surface area contributed by atoms with E-state index in [1.807, 2.05) is 6.07 Å². The third-order valence-electron chi connectivity index (χ3n) is 3.35. The Balaban J connectivity index is 2.02. The van der Waals surface area contributed by atoms with Gasteiger partial charge in [0.1, 0.15) is 6.10 Å². The Labute approximate surface area is 127 Å². The molecule has 1 fully saturated rings. The van der Waals surface area contributed by atoms with E-state index in [4.69, 9.17) is 9.47 Å². The number of halogens is 1. The van der Waals surface area contributed by atoms with Gasteiger partial charge in [-0.3, -0.25) is 0 Å². The molecule has 0 amide bonds. The maximum atomic E-state index is 12.2. The lowest BCUT2D eigenvalue weighted by Crippen LogP contribution is -2.29. The van der Waals surface area contributed by atoms with Crippen LogP contribution in [0, 0.1) is 0 Å². The van der Waals surface area contributed by atoms with Gasteiger partial charge >= 0.3 is 5.97 Å². The minimum absolute atomic E-state index is 0.0540. The number of carbonyl (C=O) groups excluding carboxylic acids is 1. The van der Waals surface area contributed by atoms with Gasteiger partial charge in [-0.05, 0) is 53.4 Å². The van der Waals surface area contributed by atoms with Crippen LogP contribution in [0.4, 0.5) is 0 Å². The van der Waals surface area contributed by atoms with Gasteiger partial charge < -0.3 is 9.47 Å². The summed E-state index contributed by atoms with van der Waals surface area (Å²) in [6.45, 7) is 0. The molecule has 1 aliphatic rings. The van der Waals surface area contributed by atoms with Gasteiger partial charge in [-0.2, -0.15) is 0 Å². The van der Waals surface area contributed by atoms with Crippen molar-refractivity contribution >= 4 is 34.5 Å². The summed E-state index contributed by atoms with van der Waals surface area (Å²) in [5, 5.41) is 0. The van der Waals surface area contributed by atoms with E-state index in [9.17, 15) is 4.79 Å². The predicted molar refractivity (Wildman–Crippen MR) is 79.9 cm³/mol. The molecule has 19 heavy (non-hydrogen) atoms. The molecular weight excluding hydrogens is 328 g/mol. The molecule has 0 heterocycles. The number of thiol groups is 1. The van der Waals surface area contributed by atoms with Crippen LogP contribution in [0.2, 0.25) is 0 Å². The molecule has 0 saturated heterocycles. The molecule has 2 unspecified atom stereocenters. The Bertz CT molecular complexity index is 464. The van der Waals surface area contributed by atoms with Gasteiger partial charge in [0.05, 0.1) is 11.7 Å². The summed E-state index contributed by atoms with van der Waals surface area (Å²) in [5.41, 5.74) is 0.520. The van der Waals surface area contributed by atoms with Crippen molar-refractivity contribution in [2.45, 2.75) is 42.8 Å². The number of rotatable bonds is 3. The van der Waals surface area contributed by atoms with E-state index in [0.717, 1.165) is 35.1 Å². The molecule has 0 bridgehead atoms. The van der Waals surface area contributed by atoms with Crippen LogP contribution < -0.4 is 0 Å². The molecule has 0 spiro atoms. The summed E-state index contributed by atoms with van der Waals surface area (Å²) in [7, 11) is 1.70. The molecule has 1 aromatic carbocycles. The first kappa shape index (κ1) is 14.9. The lowest BCUT2D eigenvalue weighted by atomic mass is 9.95. The molecule has 0 radical (unpaired) electrons. The summed E-state index contributed by atoms with van der Waals surface area (Å²) in [6, 6.07) is 5.34. The molecule has 1 aromatic rings. The lowest BCUT2D eigenvalue weighted by Gasteiger charge is -2.28. The third-order valence-corrected chi connectivity index (χ3v) is 4.32. The maximum absolute atomic E-state index is 12.2. The normalized spacial score (nSPS) is 23.1. The zero-order chi connectivity index (χ0) is 13.8. The Kier molecular flexibility index (Phi) is 5.30. The van der Waals surface area contributed by atoms with E-state index in [-0.39, 0.29) is 18.2 Å². The average Bonchev–Trinajstić information content (AvgIpc) is 2.41. The fraction of sp³-hybridized carbons (Fsp3) is 0.500. The number of hydrogen-bond donors (Lipinski definition) is 1. The van der Waals surface area contributed by atoms with Crippen LogP contribution >= 0.6 is 28.6 Å². The highest BCUT2D eigenvalue weighted by Crippen LogP contribution is 2.26. The molecule has 0 aliphatic heterocycles. The van der Waals surface area contributed by atoms with Gasteiger partial charge in [-0.25, -0.2) is 4.79 Å². The van der Waals surface area contributed by atoms with Crippen molar-refractivity contribution in [3.05, 3.63) is 28.2 Å². The Morgan fingerprint density at radius 1 is 1.37 bits per heavy atom. The molecular formula is C14H17BrO3S. The van der Waals surface area contributed by atoms with Gasteiger partial charge in [0.2, 0.25) is 0 Å². The van der Waals surface area contributed by atoms with Gasteiger partial charge in [0.15, 0.2) is 0 Å². The second-order valence-corrected chi connectivity index (χ2v) is 6.09. The maximum Gasteiger partial charge on any atom is 0.339 e. The van der Waals surface area contributed by atoms with Crippen LogP contribution in [0.3, 0.4) is 0 Å². The van der Waals surface area contributed by atoms with E-state index in [1.165, 1.54) is 0 Å². The summed E-state index contributed by atoms with van der Waals surface area (Å²) >= 11 is 7.60. The van der Waals surface area contributed by atoms with Gasteiger partial charge in [-0.15, -0.1) is 12.6 Å². The van der Waals surface area contributed by atoms with Crippen LogP contribution in [-0.4, -0.2) is 25.3 Å². The van der Waals surface area contributed by atoms with E-state index in [0.29, 0.717) is 5.56 Å². The van der Waals surface area contributed by atoms with E-state index >= 15 is 0 Å². The summed E-state index contributed by atoms with van der Waals surface area (Å²) in [6.07, 6.45) is 3.90. The SMILES string of the molecule is COC1CCCC(OC(=O)c2cc(S)ccc2Br)C1. The van der Waals surface area contributed by atoms with E-state index in [1.54, 1.807) is 19.2 Å². The Morgan fingerprint density at radius 2 is 2.11 bits per heavy atom. The second-order valence-electron chi connectivity index (χ2n) is 4.72. The Hall–Kier alpha value is -0.520. The number of methoxy groups -OCH3 is 1. The largest absolute Gasteiger partial charge is 0.459 e. The molecule has 5 heteroatoms. The monoisotopic (exact) mass is 344 g/mol. The first-order valence-corrected chi connectivity index (χ1v) is 7.56. The van der Waals surface area contributed by atoms with E-state index < -0.39 is 0 Å². The van der Waals surface area contributed by atoms with Crippen LogP contribution in [0.1, 0.15) is 36.0 Å². The summed E-state index contributed by atoms with van der Waals surface area (Å²) < 4.78 is 11.6. The van der Waals surface area contributed by atoms with Crippen molar-refractivity contribution in [3.63, 3.8) is 0 Å². The molecule has 1 aliphatic carbocycles. The molecule has 3 nitrogen and oxygen atoms in total. The van der Waals surface area contributed by atoms with Gasteiger partial charge in [0.25, 0.3) is 0 Å². The fourth-order valence-corrected chi connectivity index (χ4v) is 2.92. The number of hydrogen-bond acceptors (Lipinski definition) is 4. The van der Waals surface area contributed by atoms with Crippen molar-refractivity contribution in [1.29, 1.82) is 0 Å². The van der Waals surface area contributed by atoms with Crippen LogP contribution in [0.25, 0.3) is 0 Å². The second kappa shape index (κ2) is 6.77. The van der Waals surface area contributed by atoms with Crippen LogP contribution in [0.5, 0.6) is 0 Å². The predicted octanol–water partition coefficient (Wildman–Crippen LogP) is 3.85. The number of carbonyl (C=O) groups is 1. The zero-order valence-corrected chi connectivity index (χ0v) is 13.2. The topological polar surface area (TPSA) is 35.5 Å². The summed E-state index contributed by atoms with van der Waals surface area (Å²) in [4.78, 5) is 12.9. The highest BCUT2D eigenvalue weighted by molar-refractivity contribution is 9.10. The zero-order valence-electron chi connectivity index (χ0n) is 10.8. The molecule has 0 N–H and O–H groups in total. The van der Waals surface area contributed by atoms with Crippen LogP contribution in [0.15, 0.2) is 27.6 Å². The van der Waals surface area contributed by atoms with E-state index in [2.05, 4.69) is 28.6 Å². The fourth-order valence-electron chi connectivity index (χ4n) is 2.31. The lowest BCUT2D eigenvalue weighted by molar-refractivity contribution is -0.0150. The molecule has 1 saturated carbocycles. The number of ether oxygens (including phenoxy) is 2. The molecule has 2 rings (SSSR count). The molecule has 0 aromatic heterocycles. The Morgan fingerprint density at radius 3 is 2.84 bits per heavy atom. The average molecular weight is 345 g/mol. The van der Waals surface area contributed by atoms with Crippen molar-refractivity contribution in [1.82, 2.24) is 0 Å². The van der Waals surface area contributed by atoms with Gasteiger partial charge in [0, 0.05) is 22.9 Å².